The van der Waals surface area contributed by atoms with Crippen LogP contribution in [0.4, 0.5) is 11.4 Å². The van der Waals surface area contributed by atoms with Gasteiger partial charge in [0.15, 0.2) is 5.78 Å². The zero-order chi connectivity index (χ0) is 14.0. The number of ketones is 1. The predicted molar refractivity (Wildman–Crippen MR) is 77.2 cm³/mol. The topological polar surface area (TPSA) is 63.5 Å². The Morgan fingerprint density at radius 2 is 2.26 bits per heavy atom. The Labute approximate surface area is 116 Å². The minimum atomic E-state index is -0.505. The Bertz CT molecular complexity index is 519. The molecule has 5 nitrogen and oxygen atoms in total. The number of hydrogen-bond donors (Lipinski definition) is 0. The fraction of sp³-hybridized carbons (Fsp3) is 0.462. The highest BCUT2D eigenvalue weighted by Crippen LogP contribution is 2.28. The first-order valence-electron chi connectivity index (χ1n) is 6.15. The minimum absolute atomic E-state index is 0.115. The number of rotatable bonds is 3. The van der Waals surface area contributed by atoms with Crippen LogP contribution in [0.25, 0.3) is 0 Å². The van der Waals surface area contributed by atoms with Crippen molar-refractivity contribution in [3.63, 3.8) is 0 Å². The van der Waals surface area contributed by atoms with Crippen molar-refractivity contribution in [1.82, 2.24) is 0 Å². The number of nitro benzene ring substituents is 1. The maximum Gasteiger partial charge on any atom is 0.280 e. The molecule has 6 heteroatoms. The van der Waals surface area contributed by atoms with E-state index in [0.717, 1.165) is 24.5 Å². The summed E-state index contributed by atoms with van der Waals surface area (Å²) in [6.45, 7) is 5.33. The highest BCUT2D eigenvalue weighted by Gasteiger charge is 2.22. The van der Waals surface area contributed by atoms with Crippen molar-refractivity contribution in [2.45, 2.75) is 19.1 Å². The van der Waals surface area contributed by atoms with Crippen LogP contribution in [0.5, 0.6) is 0 Å². The number of carbonyl (C=O) groups is 1. The van der Waals surface area contributed by atoms with E-state index >= 15 is 0 Å². The van der Waals surface area contributed by atoms with Crippen molar-refractivity contribution in [3.8, 4) is 0 Å². The number of benzene rings is 1. The molecule has 0 saturated carbocycles. The summed E-state index contributed by atoms with van der Waals surface area (Å²) in [4.78, 5) is 24.1. The summed E-state index contributed by atoms with van der Waals surface area (Å²) in [5.41, 5.74) is 0.965. The van der Waals surface area contributed by atoms with Gasteiger partial charge >= 0.3 is 0 Å². The van der Waals surface area contributed by atoms with E-state index in [9.17, 15) is 14.9 Å². The van der Waals surface area contributed by atoms with Crippen LogP contribution in [-0.2, 0) is 0 Å². The van der Waals surface area contributed by atoms with Gasteiger partial charge in [0, 0.05) is 35.8 Å². The van der Waals surface area contributed by atoms with Crippen molar-refractivity contribution in [3.05, 3.63) is 33.9 Å². The predicted octanol–water partition coefficient (Wildman–Crippen LogP) is 2.74. The third-order valence-electron chi connectivity index (χ3n) is 3.16. The Balaban J connectivity index is 2.35. The largest absolute Gasteiger partial charge is 0.370 e. The molecule has 0 bridgehead atoms. The van der Waals surface area contributed by atoms with Crippen molar-refractivity contribution in [2.24, 2.45) is 0 Å². The molecule has 0 amide bonds. The standard InChI is InChI=1S/C13H16N2O3S/c1-9-8-14(5-6-19-9)11-3-4-13(15(17)18)12(7-11)10(2)16/h3-4,7,9H,5-6,8H2,1-2H3. The van der Waals surface area contributed by atoms with Crippen molar-refractivity contribution >= 4 is 28.9 Å². The second-order valence-corrected chi connectivity index (χ2v) is 6.19. The van der Waals surface area contributed by atoms with Crippen LogP contribution in [0.3, 0.4) is 0 Å². The summed E-state index contributed by atoms with van der Waals surface area (Å²) in [6.07, 6.45) is 0. The Morgan fingerprint density at radius 1 is 1.53 bits per heavy atom. The zero-order valence-corrected chi connectivity index (χ0v) is 11.8. The van der Waals surface area contributed by atoms with E-state index in [1.54, 1.807) is 12.1 Å². The first kappa shape index (κ1) is 13.9. The zero-order valence-electron chi connectivity index (χ0n) is 11.0. The number of Topliss-reactive ketones (excluding diaryl/α,β-unsaturated/α-hetero) is 1. The van der Waals surface area contributed by atoms with Crippen LogP contribution in [0, 0.1) is 10.1 Å². The number of hydrogen-bond acceptors (Lipinski definition) is 5. The van der Waals surface area contributed by atoms with Gasteiger partial charge in [0.1, 0.15) is 0 Å². The van der Waals surface area contributed by atoms with E-state index in [0.29, 0.717) is 5.25 Å². The summed E-state index contributed by atoms with van der Waals surface area (Å²) >= 11 is 1.92. The molecular formula is C13H16N2O3S. The molecule has 0 radical (unpaired) electrons. The molecule has 1 aromatic rings. The van der Waals surface area contributed by atoms with Crippen molar-refractivity contribution < 1.29 is 9.72 Å². The van der Waals surface area contributed by atoms with Crippen LogP contribution in [-0.4, -0.2) is 34.8 Å². The first-order chi connectivity index (χ1) is 8.99. The van der Waals surface area contributed by atoms with Crippen molar-refractivity contribution in [2.75, 3.05) is 23.7 Å². The second kappa shape index (κ2) is 5.61. The number of carbonyl (C=O) groups excluding carboxylic acids is 1. The molecule has 2 rings (SSSR count). The van der Waals surface area contributed by atoms with Gasteiger partial charge in [0.05, 0.1) is 10.5 Å². The third kappa shape index (κ3) is 3.07. The minimum Gasteiger partial charge on any atom is -0.370 e. The van der Waals surface area contributed by atoms with Crippen LogP contribution < -0.4 is 4.90 Å². The number of nitrogens with zero attached hydrogens (tertiary/aromatic N) is 2. The van der Waals surface area contributed by atoms with E-state index in [4.69, 9.17) is 0 Å². The summed E-state index contributed by atoms with van der Waals surface area (Å²) in [5.74, 6) is 0.765. The molecule has 1 aliphatic rings. The van der Waals surface area contributed by atoms with Gasteiger partial charge < -0.3 is 4.90 Å². The lowest BCUT2D eigenvalue weighted by Crippen LogP contribution is -2.36. The Morgan fingerprint density at radius 3 is 2.84 bits per heavy atom. The lowest BCUT2D eigenvalue weighted by molar-refractivity contribution is -0.385. The highest BCUT2D eigenvalue weighted by atomic mass is 32.2. The van der Waals surface area contributed by atoms with Gasteiger partial charge in [-0.25, -0.2) is 0 Å². The van der Waals surface area contributed by atoms with E-state index in [2.05, 4.69) is 11.8 Å². The number of nitro groups is 1. The van der Waals surface area contributed by atoms with E-state index < -0.39 is 4.92 Å². The molecule has 1 atom stereocenters. The fourth-order valence-corrected chi connectivity index (χ4v) is 3.23. The lowest BCUT2D eigenvalue weighted by Gasteiger charge is -2.32. The summed E-state index contributed by atoms with van der Waals surface area (Å²) in [7, 11) is 0. The molecule has 0 spiro atoms. The average Bonchev–Trinajstić information content (AvgIpc) is 2.37. The van der Waals surface area contributed by atoms with E-state index in [1.807, 2.05) is 11.8 Å². The SMILES string of the molecule is CC(=O)c1cc(N2CCSC(C)C2)ccc1[N+](=O)[O-]. The normalized spacial score (nSPS) is 19.3. The van der Waals surface area contributed by atoms with Crippen LogP contribution in [0.1, 0.15) is 24.2 Å². The molecule has 19 heavy (non-hydrogen) atoms. The maximum absolute atomic E-state index is 11.5. The average molecular weight is 280 g/mol. The summed E-state index contributed by atoms with van der Waals surface area (Å²) in [6, 6.07) is 4.80. The van der Waals surface area contributed by atoms with Gasteiger partial charge in [0.25, 0.3) is 5.69 Å². The molecule has 1 fully saturated rings. The van der Waals surface area contributed by atoms with Crippen LogP contribution in [0.15, 0.2) is 18.2 Å². The molecule has 0 aromatic heterocycles. The molecule has 1 heterocycles. The molecular weight excluding hydrogens is 264 g/mol. The van der Waals surface area contributed by atoms with Gasteiger partial charge in [0.2, 0.25) is 0 Å². The quantitative estimate of drug-likeness (QED) is 0.484. The van der Waals surface area contributed by atoms with Crippen LogP contribution in [0.2, 0.25) is 0 Å². The molecule has 0 N–H and O–H groups in total. The molecule has 1 aliphatic heterocycles. The maximum atomic E-state index is 11.5. The molecule has 0 aliphatic carbocycles. The van der Waals surface area contributed by atoms with Gasteiger partial charge in [-0.2, -0.15) is 11.8 Å². The smallest absolute Gasteiger partial charge is 0.280 e. The number of anilines is 1. The Hall–Kier alpha value is -1.56. The van der Waals surface area contributed by atoms with Crippen LogP contribution >= 0.6 is 11.8 Å². The van der Waals surface area contributed by atoms with E-state index in [1.165, 1.54) is 13.0 Å². The third-order valence-corrected chi connectivity index (χ3v) is 4.30. The summed E-state index contributed by atoms with van der Waals surface area (Å²) in [5, 5.41) is 11.4. The first-order valence-corrected chi connectivity index (χ1v) is 7.20. The molecule has 102 valence electrons. The summed E-state index contributed by atoms with van der Waals surface area (Å²) < 4.78 is 0. The van der Waals surface area contributed by atoms with E-state index in [-0.39, 0.29) is 17.0 Å². The fourth-order valence-electron chi connectivity index (χ4n) is 2.21. The van der Waals surface area contributed by atoms with Gasteiger partial charge in [-0.05, 0) is 19.1 Å². The van der Waals surface area contributed by atoms with Crippen molar-refractivity contribution in [1.29, 1.82) is 0 Å². The van der Waals surface area contributed by atoms with Gasteiger partial charge in [-0.1, -0.05) is 6.92 Å². The number of thioether (sulfide) groups is 1. The highest BCUT2D eigenvalue weighted by molar-refractivity contribution is 8.00. The lowest BCUT2D eigenvalue weighted by atomic mass is 10.1. The Kier molecular flexibility index (Phi) is 4.09. The van der Waals surface area contributed by atoms with Gasteiger partial charge in [-0.15, -0.1) is 0 Å². The van der Waals surface area contributed by atoms with Gasteiger partial charge in [-0.3, -0.25) is 14.9 Å². The molecule has 1 unspecified atom stereocenters. The molecule has 1 aromatic carbocycles. The molecule has 1 saturated heterocycles. The second-order valence-electron chi connectivity index (χ2n) is 4.64. The monoisotopic (exact) mass is 280 g/mol.